The largest absolute Gasteiger partial charge is 0.379 e. The summed E-state index contributed by atoms with van der Waals surface area (Å²) in [4.78, 5) is 25.6. The first-order chi connectivity index (χ1) is 12.9. The predicted octanol–water partition coefficient (Wildman–Crippen LogP) is 3.23. The molecule has 1 aliphatic carbocycles. The highest BCUT2D eigenvalue weighted by Crippen LogP contribution is 2.33. The Bertz CT molecular complexity index is 680. The molecule has 3 rings (SSSR count). The van der Waals surface area contributed by atoms with Crippen LogP contribution in [0.25, 0.3) is 0 Å². The summed E-state index contributed by atoms with van der Waals surface area (Å²) in [6.45, 7) is 7.56. The molecule has 1 aliphatic heterocycles. The molecule has 1 saturated carbocycles. The summed E-state index contributed by atoms with van der Waals surface area (Å²) in [6, 6.07) is 4.77. The van der Waals surface area contributed by atoms with E-state index in [-0.39, 0.29) is 11.6 Å². The number of carbonyl (C=O) groups is 1. The minimum Gasteiger partial charge on any atom is -0.379 e. The van der Waals surface area contributed by atoms with Gasteiger partial charge in [-0.1, -0.05) is 13.8 Å². The quantitative estimate of drug-likeness (QED) is 0.428. The number of nitro benzene ring substituents is 1. The van der Waals surface area contributed by atoms with Gasteiger partial charge < -0.3 is 15.0 Å². The van der Waals surface area contributed by atoms with E-state index in [1.807, 2.05) is 0 Å². The second-order valence-electron chi connectivity index (χ2n) is 8.09. The molecule has 0 radical (unpaired) electrons. The number of rotatable bonds is 8. The van der Waals surface area contributed by atoms with Gasteiger partial charge in [-0.15, -0.1) is 0 Å². The van der Waals surface area contributed by atoms with Gasteiger partial charge in [-0.3, -0.25) is 14.9 Å². The Balaban J connectivity index is 1.63. The molecule has 0 bridgehead atoms. The van der Waals surface area contributed by atoms with E-state index in [4.69, 9.17) is 4.74 Å². The molecule has 1 amide bonds. The highest BCUT2D eigenvalue weighted by Gasteiger charge is 2.28. The fraction of sp³-hybridized carbons (Fsp3) is 0.650. The maximum Gasteiger partial charge on any atom is 0.293 e. The first-order valence-corrected chi connectivity index (χ1v) is 9.83. The number of hydrogen-bond donors (Lipinski definition) is 1. The van der Waals surface area contributed by atoms with Gasteiger partial charge in [-0.05, 0) is 49.1 Å². The second kappa shape index (κ2) is 8.69. The third kappa shape index (κ3) is 5.42. The fourth-order valence-corrected chi connectivity index (χ4v) is 3.81. The molecule has 2 atom stereocenters. The number of hydrogen-bond acceptors (Lipinski definition) is 5. The molecular formula is C20H29N3O4. The molecule has 1 saturated heterocycles. The van der Waals surface area contributed by atoms with Crippen LogP contribution in [0.5, 0.6) is 0 Å². The molecule has 1 aromatic carbocycles. The minimum atomic E-state index is -0.394. The van der Waals surface area contributed by atoms with Crippen molar-refractivity contribution >= 4 is 17.3 Å². The van der Waals surface area contributed by atoms with E-state index in [1.54, 1.807) is 12.1 Å². The van der Waals surface area contributed by atoms with Crippen LogP contribution in [0.3, 0.4) is 0 Å². The van der Waals surface area contributed by atoms with Crippen LogP contribution < -0.4 is 10.2 Å². The van der Waals surface area contributed by atoms with Gasteiger partial charge in [0.25, 0.3) is 11.6 Å². The molecule has 27 heavy (non-hydrogen) atoms. The minimum absolute atomic E-state index is 0.00562. The molecule has 1 N–H and O–H groups in total. The maximum atomic E-state index is 12.3. The van der Waals surface area contributed by atoms with Crippen LogP contribution in [0.15, 0.2) is 18.2 Å². The first kappa shape index (κ1) is 19.6. The molecule has 0 aromatic heterocycles. The summed E-state index contributed by atoms with van der Waals surface area (Å²) in [7, 11) is 0. The van der Waals surface area contributed by atoms with Crippen molar-refractivity contribution in [3.05, 3.63) is 33.9 Å². The SMILES string of the molecule is CC1CC(C)CN(c2ccc(C(=O)NCCOCC3CC3)cc2[N+](=O)[O-])C1. The van der Waals surface area contributed by atoms with Gasteiger partial charge in [0.05, 0.1) is 11.5 Å². The molecule has 2 unspecified atom stereocenters. The van der Waals surface area contributed by atoms with Gasteiger partial charge in [0, 0.05) is 37.9 Å². The molecule has 1 aromatic rings. The van der Waals surface area contributed by atoms with Crippen molar-refractivity contribution in [2.75, 3.05) is 37.7 Å². The van der Waals surface area contributed by atoms with Gasteiger partial charge in [-0.2, -0.15) is 0 Å². The Morgan fingerprint density at radius 1 is 1.30 bits per heavy atom. The summed E-state index contributed by atoms with van der Waals surface area (Å²) in [5.74, 6) is 1.37. The lowest BCUT2D eigenvalue weighted by atomic mass is 9.91. The van der Waals surface area contributed by atoms with Crippen LogP contribution in [-0.4, -0.2) is 43.7 Å². The number of piperidine rings is 1. The van der Waals surface area contributed by atoms with E-state index in [0.717, 1.165) is 26.1 Å². The molecule has 7 nitrogen and oxygen atoms in total. The molecule has 1 heterocycles. The summed E-state index contributed by atoms with van der Waals surface area (Å²) in [5, 5.41) is 14.4. The van der Waals surface area contributed by atoms with Crippen molar-refractivity contribution < 1.29 is 14.5 Å². The summed E-state index contributed by atoms with van der Waals surface area (Å²) < 4.78 is 5.49. The van der Waals surface area contributed by atoms with Crippen molar-refractivity contribution in [1.29, 1.82) is 0 Å². The van der Waals surface area contributed by atoms with Crippen molar-refractivity contribution in [2.24, 2.45) is 17.8 Å². The third-order valence-corrected chi connectivity index (χ3v) is 5.23. The van der Waals surface area contributed by atoms with E-state index in [2.05, 4.69) is 24.1 Å². The molecule has 7 heteroatoms. The normalized spacial score (nSPS) is 22.5. The molecular weight excluding hydrogens is 346 g/mol. The molecule has 148 valence electrons. The van der Waals surface area contributed by atoms with E-state index in [9.17, 15) is 14.9 Å². The number of ether oxygens (including phenoxy) is 1. The highest BCUT2D eigenvalue weighted by atomic mass is 16.6. The lowest BCUT2D eigenvalue weighted by Crippen LogP contribution is -2.39. The van der Waals surface area contributed by atoms with Crippen molar-refractivity contribution in [1.82, 2.24) is 5.32 Å². The molecule has 2 aliphatic rings. The summed E-state index contributed by atoms with van der Waals surface area (Å²) >= 11 is 0. The average molecular weight is 375 g/mol. The number of anilines is 1. The zero-order valence-corrected chi connectivity index (χ0v) is 16.1. The number of benzene rings is 1. The van der Waals surface area contributed by atoms with Crippen LogP contribution in [0.4, 0.5) is 11.4 Å². The Morgan fingerprint density at radius 3 is 2.63 bits per heavy atom. The average Bonchev–Trinajstić information content (AvgIpc) is 3.44. The monoisotopic (exact) mass is 375 g/mol. The number of nitrogens with zero attached hydrogens (tertiary/aromatic N) is 2. The van der Waals surface area contributed by atoms with Crippen molar-refractivity contribution in [3.63, 3.8) is 0 Å². The molecule has 0 spiro atoms. The standard InChI is InChI=1S/C20H29N3O4/c1-14-9-15(2)12-22(11-14)18-6-5-17(10-19(18)23(25)26)20(24)21-7-8-27-13-16-3-4-16/h5-6,10,14-16H,3-4,7-9,11-13H2,1-2H3,(H,21,24). The van der Waals surface area contributed by atoms with E-state index >= 15 is 0 Å². The summed E-state index contributed by atoms with van der Waals surface area (Å²) in [6.07, 6.45) is 3.60. The van der Waals surface area contributed by atoms with Gasteiger partial charge in [0.15, 0.2) is 0 Å². The van der Waals surface area contributed by atoms with Gasteiger partial charge in [0.2, 0.25) is 0 Å². The van der Waals surface area contributed by atoms with Gasteiger partial charge >= 0.3 is 0 Å². The zero-order chi connectivity index (χ0) is 19.4. The lowest BCUT2D eigenvalue weighted by molar-refractivity contribution is -0.384. The van der Waals surface area contributed by atoms with Crippen LogP contribution in [0.2, 0.25) is 0 Å². The Kier molecular flexibility index (Phi) is 6.31. The lowest BCUT2D eigenvalue weighted by Gasteiger charge is -2.36. The van der Waals surface area contributed by atoms with Crippen molar-refractivity contribution in [3.8, 4) is 0 Å². The maximum absolute atomic E-state index is 12.3. The van der Waals surface area contributed by atoms with E-state index in [1.165, 1.54) is 18.9 Å². The number of nitrogens with one attached hydrogen (secondary N) is 1. The number of nitro groups is 1. The van der Waals surface area contributed by atoms with Crippen molar-refractivity contribution in [2.45, 2.75) is 33.1 Å². The predicted molar refractivity (Wildman–Crippen MR) is 104 cm³/mol. The number of carbonyl (C=O) groups excluding carboxylic acids is 1. The van der Waals surface area contributed by atoms with Crippen LogP contribution in [-0.2, 0) is 4.74 Å². The number of amides is 1. The smallest absolute Gasteiger partial charge is 0.293 e. The summed E-state index contributed by atoms with van der Waals surface area (Å²) in [5.41, 5.74) is 0.905. The van der Waals surface area contributed by atoms with Crippen LogP contribution >= 0.6 is 0 Å². The fourth-order valence-electron chi connectivity index (χ4n) is 3.81. The zero-order valence-electron chi connectivity index (χ0n) is 16.1. The topological polar surface area (TPSA) is 84.7 Å². The Morgan fingerprint density at radius 2 is 2.00 bits per heavy atom. The van der Waals surface area contributed by atoms with Crippen LogP contribution in [0, 0.1) is 27.9 Å². The third-order valence-electron chi connectivity index (χ3n) is 5.23. The van der Waals surface area contributed by atoms with E-state index in [0.29, 0.717) is 42.2 Å². The second-order valence-corrected chi connectivity index (χ2v) is 8.09. The highest BCUT2D eigenvalue weighted by molar-refractivity contribution is 5.95. The van der Waals surface area contributed by atoms with Crippen LogP contribution in [0.1, 0.15) is 43.5 Å². The molecule has 2 fully saturated rings. The van der Waals surface area contributed by atoms with Gasteiger partial charge in [-0.25, -0.2) is 0 Å². The van der Waals surface area contributed by atoms with E-state index < -0.39 is 4.92 Å². The first-order valence-electron chi connectivity index (χ1n) is 9.83. The Hall–Kier alpha value is -2.15. The van der Waals surface area contributed by atoms with Gasteiger partial charge in [0.1, 0.15) is 5.69 Å². The Labute approximate surface area is 160 Å².